The number of sulfonamides is 1. The highest BCUT2D eigenvalue weighted by atomic mass is 32.2. The highest BCUT2D eigenvalue weighted by molar-refractivity contribution is 7.89. The number of hydrogen-bond donors (Lipinski definition) is 2. The number of aryl methyl sites for hydroxylation is 1. The summed E-state index contributed by atoms with van der Waals surface area (Å²) in [6, 6.07) is 6.53. The molecule has 1 aliphatic heterocycles. The Kier molecular flexibility index (Phi) is 6.03. The van der Waals surface area contributed by atoms with E-state index >= 15 is 0 Å². The first-order valence-electron chi connectivity index (χ1n) is 10.1. The molecular weight excluding hydrogens is 406 g/mol. The van der Waals surface area contributed by atoms with Crippen LogP contribution >= 0.6 is 0 Å². The fourth-order valence-electron chi connectivity index (χ4n) is 3.25. The van der Waals surface area contributed by atoms with Gasteiger partial charge in [-0.1, -0.05) is 23.4 Å². The molecule has 2 aliphatic rings. The lowest BCUT2D eigenvalue weighted by molar-refractivity contribution is -0.117. The maximum atomic E-state index is 12.4. The summed E-state index contributed by atoms with van der Waals surface area (Å²) in [5.74, 6) is 0.525. The molecule has 1 unspecified atom stereocenters. The van der Waals surface area contributed by atoms with Crippen molar-refractivity contribution >= 4 is 33.8 Å². The molecule has 1 saturated carbocycles. The van der Waals surface area contributed by atoms with Crippen LogP contribution in [-0.2, 0) is 19.6 Å². The number of benzene rings is 1. The Morgan fingerprint density at radius 1 is 1.20 bits per heavy atom. The summed E-state index contributed by atoms with van der Waals surface area (Å²) in [5, 5.41) is 6.80. The number of carbonyl (C=O) groups is 1. The number of hydrogen-bond acceptors (Lipinski definition) is 6. The summed E-state index contributed by atoms with van der Waals surface area (Å²) < 4.78 is 38.2. The lowest BCUT2D eigenvalue weighted by atomic mass is 10.2. The molecule has 1 amide bonds. The molecule has 2 aromatic rings. The number of anilines is 1. The van der Waals surface area contributed by atoms with Crippen molar-refractivity contribution in [2.75, 3.05) is 18.5 Å². The van der Waals surface area contributed by atoms with Crippen molar-refractivity contribution < 1.29 is 22.5 Å². The average molecular weight is 432 g/mol. The molecule has 2 fully saturated rings. The summed E-state index contributed by atoms with van der Waals surface area (Å²) in [5.41, 5.74) is 1.98. The van der Waals surface area contributed by atoms with E-state index in [9.17, 15) is 13.2 Å². The van der Waals surface area contributed by atoms with E-state index in [-0.39, 0.29) is 29.4 Å². The van der Waals surface area contributed by atoms with Crippen molar-refractivity contribution in [1.82, 2.24) is 9.88 Å². The van der Waals surface area contributed by atoms with Gasteiger partial charge in [0.05, 0.1) is 11.0 Å². The molecule has 1 aliphatic carbocycles. The van der Waals surface area contributed by atoms with E-state index in [0.29, 0.717) is 23.7 Å². The summed E-state index contributed by atoms with van der Waals surface area (Å²) >= 11 is 0. The summed E-state index contributed by atoms with van der Waals surface area (Å²) in [6.07, 6.45) is 7.10. The third-order valence-corrected chi connectivity index (χ3v) is 6.67. The van der Waals surface area contributed by atoms with Crippen LogP contribution in [0.1, 0.15) is 42.7 Å². The van der Waals surface area contributed by atoms with E-state index < -0.39 is 10.0 Å². The van der Waals surface area contributed by atoms with E-state index in [0.717, 1.165) is 31.2 Å². The zero-order chi connectivity index (χ0) is 21.1. The second-order valence-electron chi connectivity index (χ2n) is 7.66. The Morgan fingerprint density at radius 3 is 2.63 bits per heavy atom. The Labute approximate surface area is 175 Å². The van der Waals surface area contributed by atoms with Gasteiger partial charge >= 0.3 is 0 Å². The van der Waals surface area contributed by atoms with Gasteiger partial charge in [0, 0.05) is 19.1 Å². The summed E-state index contributed by atoms with van der Waals surface area (Å²) in [7, 11) is -3.58. The van der Waals surface area contributed by atoms with E-state index in [2.05, 4.69) is 15.2 Å². The second kappa shape index (κ2) is 8.71. The van der Waals surface area contributed by atoms with Crippen LogP contribution in [0.4, 0.5) is 5.69 Å². The van der Waals surface area contributed by atoms with Crippen LogP contribution < -0.4 is 10.0 Å². The van der Waals surface area contributed by atoms with Gasteiger partial charge in [0.15, 0.2) is 5.76 Å². The molecule has 0 spiro atoms. The third-order valence-electron chi connectivity index (χ3n) is 5.23. The summed E-state index contributed by atoms with van der Waals surface area (Å²) in [6.45, 7) is 2.74. The molecule has 2 N–H and O–H groups in total. The van der Waals surface area contributed by atoms with Crippen molar-refractivity contribution in [3.63, 3.8) is 0 Å². The first-order chi connectivity index (χ1) is 14.4. The van der Waals surface area contributed by atoms with Gasteiger partial charge in [0.25, 0.3) is 0 Å². The summed E-state index contributed by atoms with van der Waals surface area (Å²) in [4.78, 5) is 12.2. The van der Waals surface area contributed by atoms with E-state index in [4.69, 9.17) is 9.26 Å². The van der Waals surface area contributed by atoms with Crippen LogP contribution in [0.25, 0.3) is 12.2 Å². The van der Waals surface area contributed by atoms with Gasteiger partial charge in [-0.25, -0.2) is 13.1 Å². The van der Waals surface area contributed by atoms with Gasteiger partial charge in [-0.05, 0) is 56.4 Å². The van der Waals surface area contributed by atoms with Crippen LogP contribution in [0.5, 0.6) is 0 Å². The minimum absolute atomic E-state index is 0.0130. The molecule has 4 rings (SSSR count). The Balaban J connectivity index is 1.41. The molecule has 160 valence electrons. The van der Waals surface area contributed by atoms with Crippen LogP contribution in [0.2, 0.25) is 0 Å². The molecule has 9 heteroatoms. The third kappa shape index (κ3) is 4.97. The number of amides is 1. The topological polar surface area (TPSA) is 111 Å². The molecule has 0 bridgehead atoms. The Bertz CT molecular complexity index is 1030. The lowest BCUT2D eigenvalue weighted by Crippen LogP contribution is -2.31. The molecule has 1 atom stereocenters. The molecule has 1 aromatic carbocycles. The quantitative estimate of drug-likeness (QED) is 0.665. The van der Waals surface area contributed by atoms with Gasteiger partial charge in [0.1, 0.15) is 11.4 Å². The zero-order valence-electron chi connectivity index (χ0n) is 16.8. The average Bonchev–Trinajstić information content (AvgIpc) is 3.36. The smallest absolute Gasteiger partial charge is 0.240 e. The number of carbonyl (C=O) groups excluding carboxylic acids is 1. The number of nitrogens with zero attached hydrogens (tertiary/aromatic N) is 1. The maximum Gasteiger partial charge on any atom is 0.240 e. The molecule has 2 heterocycles. The number of nitrogens with one attached hydrogen (secondary N) is 2. The largest absolute Gasteiger partial charge is 0.377 e. The van der Waals surface area contributed by atoms with Crippen molar-refractivity contribution in [3.8, 4) is 0 Å². The van der Waals surface area contributed by atoms with Gasteiger partial charge in [-0.15, -0.1) is 0 Å². The maximum absolute atomic E-state index is 12.4. The highest BCUT2D eigenvalue weighted by Gasteiger charge is 2.30. The van der Waals surface area contributed by atoms with Crippen molar-refractivity contribution in [2.24, 2.45) is 5.92 Å². The first-order valence-corrected chi connectivity index (χ1v) is 11.6. The van der Waals surface area contributed by atoms with Crippen LogP contribution in [0, 0.1) is 12.8 Å². The van der Waals surface area contributed by atoms with Crippen molar-refractivity contribution in [1.29, 1.82) is 0 Å². The zero-order valence-corrected chi connectivity index (χ0v) is 17.6. The minimum atomic E-state index is -3.58. The predicted molar refractivity (Wildman–Crippen MR) is 112 cm³/mol. The van der Waals surface area contributed by atoms with Crippen LogP contribution in [0.3, 0.4) is 0 Å². The fourth-order valence-corrected chi connectivity index (χ4v) is 4.31. The van der Waals surface area contributed by atoms with Gasteiger partial charge < -0.3 is 14.6 Å². The van der Waals surface area contributed by atoms with Crippen LogP contribution in [0.15, 0.2) is 33.7 Å². The number of ether oxygens (including phenoxy) is 1. The van der Waals surface area contributed by atoms with E-state index in [1.54, 1.807) is 43.3 Å². The molecule has 1 saturated heterocycles. The molecule has 1 aromatic heterocycles. The van der Waals surface area contributed by atoms with Crippen LogP contribution in [-0.4, -0.2) is 38.7 Å². The molecular formula is C21H25N3O5S. The molecule has 30 heavy (non-hydrogen) atoms. The SMILES string of the molecule is Cc1noc(/C=C\c2ccc(S(=O)(=O)NCC3CCCO3)cc2)c1NC(=O)C1CC1. The monoisotopic (exact) mass is 431 g/mol. The molecule has 8 nitrogen and oxygen atoms in total. The number of aromatic nitrogens is 1. The van der Waals surface area contributed by atoms with Crippen molar-refractivity contribution in [3.05, 3.63) is 41.3 Å². The normalized spacial score (nSPS) is 19.4. The van der Waals surface area contributed by atoms with Gasteiger partial charge in [0.2, 0.25) is 15.9 Å². The van der Waals surface area contributed by atoms with Crippen molar-refractivity contribution in [2.45, 2.75) is 43.6 Å². The first kappa shape index (κ1) is 20.8. The van der Waals surface area contributed by atoms with E-state index in [1.807, 2.05) is 0 Å². The Hall–Kier alpha value is -2.49. The highest BCUT2D eigenvalue weighted by Crippen LogP contribution is 2.32. The molecule has 0 radical (unpaired) electrons. The lowest BCUT2D eigenvalue weighted by Gasteiger charge is -2.11. The van der Waals surface area contributed by atoms with E-state index in [1.165, 1.54) is 0 Å². The predicted octanol–water partition coefficient (Wildman–Crippen LogP) is 2.96. The second-order valence-corrected chi connectivity index (χ2v) is 9.43. The van der Waals surface area contributed by atoms with Gasteiger partial charge in [-0.3, -0.25) is 4.79 Å². The Morgan fingerprint density at radius 2 is 1.97 bits per heavy atom. The number of rotatable bonds is 8. The standard InChI is InChI=1S/C21H25N3O5S/c1-14-20(23-21(25)16-7-8-16)19(29-24-14)11-6-15-4-9-18(10-5-15)30(26,27)22-13-17-3-2-12-28-17/h4-6,9-11,16-17,22H,2-3,7-8,12-13H2,1H3,(H,23,25)/b11-6-. The fraction of sp³-hybridized carbons (Fsp3) is 0.429. The van der Waals surface area contributed by atoms with Gasteiger partial charge in [-0.2, -0.15) is 0 Å². The minimum Gasteiger partial charge on any atom is -0.377 e.